The Labute approximate surface area is 122 Å². The van der Waals surface area contributed by atoms with Gasteiger partial charge in [0.15, 0.2) is 5.78 Å². The average molecular weight is 284 g/mol. The third kappa shape index (κ3) is 2.18. The van der Waals surface area contributed by atoms with Gasteiger partial charge in [0.2, 0.25) is 5.95 Å². The molecule has 1 aliphatic heterocycles. The first-order valence-electron chi connectivity index (χ1n) is 6.64. The second-order valence-electron chi connectivity index (χ2n) is 4.92. The van der Waals surface area contributed by atoms with Gasteiger partial charge in [-0.2, -0.15) is 10.1 Å². The van der Waals surface area contributed by atoms with E-state index in [1.165, 1.54) is 6.33 Å². The number of ether oxygens (including phenoxy) is 1. The molecule has 0 aliphatic carbocycles. The van der Waals surface area contributed by atoms with E-state index in [-0.39, 0.29) is 11.8 Å². The van der Waals surface area contributed by atoms with E-state index in [1.807, 2.05) is 31.2 Å². The predicted octanol–water partition coefficient (Wildman–Crippen LogP) is 2.16. The summed E-state index contributed by atoms with van der Waals surface area (Å²) in [6.45, 7) is 3.45. The summed E-state index contributed by atoms with van der Waals surface area (Å²) in [7, 11) is 1.63. The number of aromatic nitrogens is 3. The number of allylic oxidation sites excluding steroid dienone is 2. The van der Waals surface area contributed by atoms with Crippen LogP contribution in [-0.2, 0) is 4.79 Å². The van der Waals surface area contributed by atoms with Gasteiger partial charge in [-0.1, -0.05) is 12.1 Å². The van der Waals surface area contributed by atoms with Crippen LogP contribution in [0, 0.1) is 0 Å². The number of carbonyl (C=O) groups excluding carboxylic acids is 1. The van der Waals surface area contributed by atoms with E-state index in [1.54, 1.807) is 18.7 Å². The molecule has 1 N–H and O–H groups in total. The van der Waals surface area contributed by atoms with Gasteiger partial charge in [0.05, 0.1) is 7.11 Å². The Balaban J connectivity index is 2.14. The number of benzene rings is 1. The molecule has 0 amide bonds. The van der Waals surface area contributed by atoms with Crippen LogP contribution in [-0.4, -0.2) is 27.7 Å². The quantitative estimate of drug-likeness (QED) is 0.935. The second kappa shape index (κ2) is 5.05. The third-order valence-corrected chi connectivity index (χ3v) is 3.61. The Morgan fingerprint density at radius 1 is 1.33 bits per heavy atom. The normalized spacial score (nSPS) is 17.2. The Morgan fingerprint density at radius 3 is 2.67 bits per heavy atom. The molecule has 1 aromatic heterocycles. The van der Waals surface area contributed by atoms with Crippen molar-refractivity contribution in [3.8, 4) is 5.75 Å². The van der Waals surface area contributed by atoms with Crippen molar-refractivity contribution in [1.29, 1.82) is 0 Å². The predicted molar refractivity (Wildman–Crippen MR) is 78.2 cm³/mol. The van der Waals surface area contributed by atoms with E-state index in [4.69, 9.17) is 4.74 Å². The summed E-state index contributed by atoms with van der Waals surface area (Å²) in [5.41, 5.74) is 2.47. The smallest absolute Gasteiger partial charge is 0.226 e. The molecule has 0 bridgehead atoms. The van der Waals surface area contributed by atoms with Crippen LogP contribution in [0.3, 0.4) is 0 Å². The highest BCUT2D eigenvalue weighted by atomic mass is 16.5. The summed E-state index contributed by atoms with van der Waals surface area (Å²) in [5.74, 6) is 1.43. The molecule has 1 atom stereocenters. The fraction of sp³-hybridized carbons (Fsp3) is 0.267. The van der Waals surface area contributed by atoms with Crippen LogP contribution >= 0.6 is 0 Å². The molecule has 0 unspecified atom stereocenters. The Hall–Kier alpha value is -2.63. The van der Waals surface area contributed by atoms with E-state index in [2.05, 4.69) is 15.4 Å². The van der Waals surface area contributed by atoms with Crippen LogP contribution in [0.2, 0.25) is 0 Å². The fourth-order valence-corrected chi connectivity index (χ4v) is 2.64. The zero-order chi connectivity index (χ0) is 15.0. The topological polar surface area (TPSA) is 69.0 Å². The highest BCUT2D eigenvalue weighted by Gasteiger charge is 2.31. The van der Waals surface area contributed by atoms with Gasteiger partial charge in [0.1, 0.15) is 18.1 Å². The van der Waals surface area contributed by atoms with Crippen molar-refractivity contribution in [3.05, 3.63) is 47.4 Å². The number of methoxy groups -OCH3 is 1. The van der Waals surface area contributed by atoms with E-state index in [9.17, 15) is 4.79 Å². The molecule has 1 aliphatic rings. The molecule has 2 aromatic rings. The van der Waals surface area contributed by atoms with Gasteiger partial charge < -0.3 is 10.1 Å². The maximum atomic E-state index is 12.1. The first kappa shape index (κ1) is 13.4. The number of fused-ring (bicyclic) bond motifs is 1. The number of rotatable bonds is 3. The molecular formula is C15H16N4O2. The number of hydrogen-bond acceptors (Lipinski definition) is 5. The molecule has 6 nitrogen and oxygen atoms in total. The van der Waals surface area contributed by atoms with Crippen LogP contribution in [0.15, 0.2) is 41.9 Å². The van der Waals surface area contributed by atoms with Crippen molar-refractivity contribution < 1.29 is 9.53 Å². The van der Waals surface area contributed by atoms with E-state index in [0.717, 1.165) is 17.0 Å². The first-order chi connectivity index (χ1) is 10.1. The summed E-state index contributed by atoms with van der Waals surface area (Å²) in [6.07, 6.45) is 1.48. The fourth-order valence-electron chi connectivity index (χ4n) is 2.64. The summed E-state index contributed by atoms with van der Waals surface area (Å²) in [5, 5.41) is 7.37. The first-order valence-corrected chi connectivity index (χ1v) is 6.64. The maximum Gasteiger partial charge on any atom is 0.226 e. The van der Waals surface area contributed by atoms with Crippen LogP contribution in [0.1, 0.15) is 25.5 Å². The molecular weight excluding hydrogens is 268 g/mol. The van der Waals surface area contributed by atoms with Gasteiger partial charge in [0.25, 0.3) is 0 Å². The molecule has 108 valence electrons. The number of anilines is 1. The Morgan fingerprint density at radius 2 is 2.05 bits per heavy atom. The molecule has 1 aromatic carbocycles. The number of nitrogens with zero attached hydrogens (tertiary/aromatic N) is 3. The monoisotopic (exact) mass is 284 g/mol. The van der Waals surface area contributed by atoms with E-state index < -0.39 is 0 Å². The van der Waals surface area contributed by atoms with Gasteiger partial charge in [-0.3, -0.25) is 4.79 Å². The summed E-state index contributed by atoms with van der Waals surface area (Å²) < 4.78 is 6.91. The highest BCUT2D eigenvalue weighted by Crippen LogP contribution is 2.35. The lowest BCUT2D eigenvalue weighted by Gasteiger charge is -2.28. The van der Waals surface area contributed by atoms with Crippen molar-refractivity contribution in [1.82, 2.24) is 14.8 Å². The molecule has 0 saturated heterocycles. The van der Waals surface area contributed by atoms with Gasteiger partial charge in [0, 0.05) is 11.3 Å². The van der Waals surface area contributed by atoms with Crippen molar-refractivity contribution in [3.63, 3.8) is 0 Å². The van der Waals surface area contributed by atoms with Gasteiger partial charge >= 0.3 is 0 Å². The molecule has 0 radical (unpaired) electrons. The van der Waals surface area contributed by atoms with Crippen molar-refractivity contribution in [2.24, 2.45) is 0 Å². The number of ketones is 1. The summed E-state index contributed by atoms with van der Waals surface area (Å²) >= 11 is 0. The Kier molecular flexibility index (Phi) is 3.21. The molecule has 0 spiro atoms. The lowest BCUT2D eigenvalue weighted by atomic mass is 9.93. The standard InChI is InChI=1S/C15H16N4O2/c1-9-13(10(2)20)14(19-15(18-9)16-8-17-19)11-4-6-12(21-3)7-5-11/h4-8,14H,1-3H3,(H,16,17,18)/t14-/m1/s1. The zero-order valence-electron chi connectivity index (χ0n) is 12.1. The van der Waals surface area contributed by atoms with Crippen LogP contribution in [0.25, 0.3) is 0 Å². The van der Waals surface area contributed by atoms with Crippen LogP contribution in [0.5, 0.6) is 5.75 Å². The van der Waals surface area contributed by atoms with Crippen molar-refractivity contribution >= 4 is 11.7 Å². The summed E-state index contributed by atoms with van der Waals surface area (Å²) in [4.78, 5) is 16.2. The lowest BCUT2D eigenvalue weighted by molar-refractivity contribution is -0.114. The highest BCUT2D eigenvalue weighted by molar-refractivity contribution is 5.96. The SMILES string of the molecule is COc1ccc([C@@H]2C(C(C)=O)=C(C)Nc3ncnn32)cc1. The number of Topliss-reactive ketones (excluding diaryl/α,β-unsaturated/α-hetero) is 1. The minimum atomic E-state index is -0.271. The molecule has 6 heteroatoms. The van der Waals surface area contributed by atoms with Crippen molar-refractivity contribution in [2.45, 2.75) is 19.9 Å². The Bertz CT molecular complexity index is 716. The van der Waals surface area contributed by atoms with E-state index >= 15 is 0 Å². The molecule has 21 heavy (non-hydrogen) atoms. The average Bonchev–Trinajstić information content (AvgIpc) is 2.93. The molecule has 3 rings (SSSR count). The third-order valence-electron chi connectivity index (χ3n) is 3.61. The van der Waals surface area contributed by atoms with Crippen LogP contribution in [0.4, 0.5) is 5.95 Å². The van der Waals surface area contributed by atoms with Gasteiger partial charge in [-0.05, 0) is 31.5 Å². The van der Waals surface area contributed by atoms with Crippen LogP contribution < -0.4 is 10.1 Å². The van der Waals surface area contributed by atoms with Gasteiger partial charge in [-0.25, -0.2) is 4.68 Å². The molecule has 0 fully saturated rings. The minimum absolute atomic E-state index is 0.0157. The number of carbonyl (C=O) groups is 1. The number of hydrogen-bond donors (Lipinski definition) is 1. The maximum absolute atomic E-state index is 12.1. The lowest BCUT2D eigenvalue weighted by Crippen LogP contribution is -2.27. The number of nitrogens with one attached hydrogen (secondary N) is 1. The minimum Gasteiger partial charge on any atom is -0.497 e. The second-order valence-corrected chi connectivity index (χ2v) is 4.92. The summed E-state index contributed by atoms with van der Waals surface area (Å²) in [6, 6.07) is 7.36. The molecule has 0 saturated carbocycles. The zero-order valence-corrected chi connectivity index (χ0v) is 12.1. The van der Waals surface area contributed by atoms with E-state index in [0.29, 0.717) is 11.5 Å². The van der Waals surface area contributed by atoms with Gasteiger partial charge in [-0.15, -0.1) is 0 Å². The molecule has 2 heterocycles. The largest absolute Gasteiger partial charge is 0.497 e. The van der Waals surface area contributed by atoms with Crippen molar-refractivity contribution in [2.75, 3.05) is 12.4 Å².